The van der Waals surface area contributed by atoms with Crippen LogP contribution in [0, 0.1) is 6.92 Å². The van der Waals surface area contributed by atoms with Crippen molar-refractivity contribution < 1.29 is 14.6 Å². The summed E-state index contributed by atoms with van der Waals surface area (Å²) in [4.78, 5) is 14.9. The van der Waals surface area contributed by atoms with Gasteiger partial charge in [0.1, 0.15) is 0 Å². The molecule has 0 spiro atoms. The second-order valence-corrected chi connectivity index (χ2v) is 4.57. The van der Waals surface area contributed by atoms with Gasteiger partial charge in [0.15, 0.2) is 0 Å². The van der Waals surface area contributed by atoms with Crippen molar-refractivity contribution >= 4 is 28.0 Å². The number of rotatable bonds is 2. The Balaban J connectivity index is 2.40. The summed E-state index contributed by atoms with van der Waals surface area (Å²) in [6.45, 7) is 4.76. The number of aryl methyl sites for hydroxylation is 2. The molecule has 0 unspecified atom stereocenters. The molecule has 5 nitrogen and oxygen atoms in total. The first-order chi connectivity index (χ1) is 9.61. The van der Waals surface area contributed by atoms with Crippen LogP contribution >= 0.6 is 0 Å². The van der Waals surface area contributed by atoms with E-state index in [2.05, 4.69) is 22.5 Å². The van der Waals surface area contributed by atoms with E-state index < -0.39 is 6.16 Å². The Hall–Kier alpha value is -2.56. The highest BCUT2D eigenvalue weighted by atomic mass is 16.7. The van der Waals surface area contributed by atoms with Crippen LogP contribution in [0.5, 0.6) is 5.88 Å². The summed E-state index contributed by atoms with van der Waals surface area (Å²) >= 11 is 0. The molecule has 1 N–H and O–H groups in total. The number of nitrogens with zero attached hydrogens (tertiary/aromatic N) is 2. The quantitative estimate of drug-likeness (QED) is 0.723. The third-order valence-corrected chi connectivity index (χ3v) is 3.41. The number of benzene rings is 1. The van der Waals surface area contributed by atoms with Crippen LogP contribution in [0.3, 0.4) is 0 Å². The van der Waals surface area contributed by atoms with E-state index in [9.17, 15) is 4.79 Å². The number of carbonyl (C=O) groups is 1. The Labute approximate surface area is 115 Å². The normalized spacial score (nSPS) is 11.1. The maximum atomic E-state index is 10.7. The average molecular weight is 270 g/mol. The molecule has 0 amide bonds. The van der Waals surface area contributed by atoms with Gasteiger partial charge in [-0.25, -0.2) is 9.78 Å². The molecule has 2 heterocycles. The molecule has 3 aromatic rings. The lowest BCUT2D eigenvalue weighted by molar-refractivity contribution is 0.142. The van der Waals surface area contributed by atoms with Crippen molar-refractivity contribution in [3.63, 3.8) is 0 Å². The van der Waals surface area contributed by atoms with E-state index in [1.54, 1.807) is 6.07 Å². The number of hydrogen-bond acceptors (Lipinski definition) is 3. The van der Waals surface area contributed by atoms with Crippen LogP contribution in [0.2, 0.25) is 0 Å². The van der Waals surface area contributed by atoms with Crippen LogP contribution in [0.25, 0.3) is 21.8 Å². The Morgan fingerprint density at radius 1 is 1.35 bits per heavy atom. The Morgan fingerprint density at radius 2 is 2.10 bits per heavy atom. The number of ether oxygens (including phenoxy) is 1. The standard InChI is InChI=1S/C15H14N2O3/c1-3-17-12-7-5-4-6-10(12)11-8-13(20-15(18)19)16-9(2)14(11)17/h4-8H,3H2,1-2H3,(H,18,19). The van der Waals surface area contributed by atoms with Gasteiger partial charge in [-0.1, -0.05) is 18.2 Å². The highest BCUT2D eigenvalue weighted by Gasteiger charge is 2.15. The Kier molecular flexibility index (Phi) is 2.82. The first-order valence-corrected chi connectivity index (χ1v) is 6.41. The molecule has 3 rings (SSSR count). The highest BCUT2D eigenvalue weighted by Crippen LogP contribution is 2.32. The van der Waals surface area contributed by atoms with E-state index in [0.717, 1.165) is 34.0 Å². The maximum Gasteiger partial charge on any atom is 0.512 e. The molecule has 5 heteroatoms. The van der Waals surface area contributed by atoms with E-state index in [1.165, 1.54) is 0 Å². The van der Waals surface area contributed by atoms with Crippen LogP contribution in [-0.2, 0) is 6.54 Å². The predicted octanol–water partition coefficient (Wildman–Crippen LogP) is 3.57. The molecule has 2 aromatic heterocycles. The van der Waals surface area contributed by atoms with E-state index in [0.29, 0.717) is 0 Å². The highest BCUT2D eigenvalue weighted by molar-refractivity contribution is 6.09. The largest absolute Gasteiger partial charge is 0.512 e. The van der Waals surface area contributed by atoms with Crippen molar-refractivity contribution in [1.82, 2.24) is 9.55 Å². The van der Waals surface area contributed by atoms with Crippen molar-refractivity contribution in [2.45, 2.75) is 20.4 Å². The molecule has 20 heavy (non-hydrogen) atoms. The lowest BCUT2D eigenvalue weighted by Crippen LogP contribution is -2.05. The number of aromatic nitrogens is 2. The predicted molar refractivity (Wildman–Crippen MR) is 76.3 cm³/mol. The zero-order valence-corrected chi connectivity index (χ0v) is 11.3. The lowest BCUT2D eigenvalue weighted by Gasteiger charge is -2.06. The van der Waals surface area contributed by atoms with Gasteiger partial charge in [0.05, 0.1) is 11.2 Å². The molecule has 0 radical (unpaired) electrons. The van der Waals surface area contributed by atoms with Crippen LogP contribution in [0.4, 0.5) is 4.79 Å². The number of para-hydroxylation sites is 1. The summed E-state index contributed by atoms with van der Waals surface area (Å²) < 4.78 is 6.87. The molecule has 0 bridgehead atoms. The zero-order chi connectivity index (χ0) is 14.3. The topological polar surface area (TPSA) is 64.3 Å². The molecule has 0 saturated carbocycles. The zero-order valence-electron chi connectivity index (χ0n) is 11.3. The van der Waals surface area contributed by atoms with Gasteiger partial charge < -0.3 is 14.4 Å². The minimum absolute atomic E-state index is 0.113. The fourth-order valence-corrected chi connectivity index (χ4v) is 2.71. The van der Waals surface area contributed by atoms with Crippen molar-refractivity contribution in [2.75, 3.05) is 0 Å². The third kappa shape index (κ3) is 1.79. The summed E-state index contributed by atoms with van der Waals surface area (Å²) in [5, 5.41) is 10.8. The lowest BCUT2D eigenvalue weighted by atomic mass is 10.2. The van der Waals surface area contributed by atoms with Crippen molar-refractivity contribution in [1.29, 1.82) is 0 Å². The second-order valence-electron chi connectivity index (χ2n) is 4.57. The van der Waals surface area contributed by atoms with Crippen LogP contribution < -0.4 is 4.74 Å². The fraction of sp³-hybridized carbons (Fsp3) is 0.200. The molecular weight excluding hydrogens is 256 g/mol. The first-order valence-electron chi connectivity index (χ1n) is 6.41. The smallest absolute Gasteiger partial charge is 0.449 e. The number of fused-ring (bicyclic) bond motifs is 3. The van der Waals surface area contributed by atoms with Crippen LogP contribution in [-0.4, -0.2) is 20.8 Å². The number of carboxylic acid groups (broad SMARTS) is 1. The van der Waals surface area contributed by atoms with Crippen molar-refractivity contribution in [2.24, 2.45) is 0 Å². The van der Waals surface area contributed by atoms with E-state index in [4.69, 9.17) is 9.84 Å². The van der Waals surface area contributed by atoms with E-state index in [-0.39, 0.29) is 5.88 Å². The van der Waals surface area contributed by atoms with E-state index in [1.807, 2.05) is 25.1 Å². The maximum absolute atomic E-state index is 10.7. The summed E-state index contributed by atoms with van der Waals surface area (Å²) in [6.07, 6.45) is -1.35. The molecule has 0 fully saturated rings. The summed E-state index contributed by atoms with van der Waals surface area (Å²) in [5.41, 5.74) is 2.89. The minimum Gasteiger partial charge on any atom is -0.449 e. The minimum atomic E-state index is -1.35. The van der Waals surface area contributed by atoms with E-state index >= 15 is 0 Å². The van der Waals surface area contributed by atoms with Gasteiger partial charge in [-0.15, -0.1) is 0 Å². The number of hydrogen-bond donors (Lipinski definition) is 1. The fourth-order valence-electron chi connectivity index (χ4n) is 2.71. The van der Waals surface area contributed by atoms with Crippen LogP contribution in [0.15, 0.2) is 30.3 Å². The first kappa shape index (κ1) is 12.5. The molecule has 1 aromatic carbocycles. The molecule has 0 aliphatic rings. The molecule has 102 valence electrons. The second kappa shape index (κ2) is 4.52. The monoisotopic (exact) mass is 270 g/mol. The Bertz CT molecular complexity index is 821. The van der Waals surface area contributed by atoms with Gasteiger partial charge in [-0.05, 0) is 19.9 Å². The van der Waals surface area contributed by atoms with Crippen molar-refractivity contribution in [3.05, 3.63) is 36.0 Å². The van der Waals surface area contributed by atoms with Gasteiger partial charge in [0.2, 0.25) is 5.88 Å². The van der Waals surface area contributed by atoms with Gasteiger partial charge >= 0.3 is 6.16 Å². The molecule has 0 aliphatic heterocycles. The van der Waals surface area contributed by atoms with Gasteiger partial charge in [0, 0.05) is 28.9 Å². The molecule has 0 atom stereocenters. The summed E-state index contributed by atoms with van der Waals surface area (Å²) in [6, 6.07) is 9.72. The third-order valence-electron chi connectivity index (χ3n) is 3.41. The Morgan fingerprint density at radius 3 is 2.80 bits per heavy atom. The van der Waals surface area contributed by atoms with Gasteiger partial charge in [0.25, 0.3) is 0 Å². The van der Waals surface area contributed by atoms with Gasteiger partial charge in [-0.3, -0.25) is 0 Å². The molecule has 0 aliphatic carbocycles. The van der Waals surface area contributed by atoms with Crippen molar-refractivity contribution in [3.8, 4) is 5.88 Å². The summed E-state index contributed by atoms with van der Waals surface area (Å²) in [5.74, 6) is 0.113. The SMILES string of the molecule is CCn1c2ccccc2c2cc(OC(=O)O)nc(C)c21. The molecule has 0 saturated heterocycles. The van der Waals surface area contributed by atoms with Crippen LogP contribution in [0.1, 0.15) is 12.6 Å². The summed E-state index contributed by atoms with van der Waals surface area (Å²) in [7, 11) is 0. The molecular formula is C15H14N2O3. The average Bonchev–Trinajstić information content (AvgIpc) is 2.72. The number of pyridine rings is 1. The van der Waals surface area contributed by atoms with Gasteiger partial charge in [-0.2, -0.15) is 0 Å².